The molecule has 5 heteroatoms. The van der Waals surface area contributed by atoms with Gasteiger partial charge in [-0.1, -0.05) is 72.3 Å². The number of ether oxygens (including phenoxy) is 1. The van der Waals surface area contributed by atoms with Crippen molar-refractivity contribution >= 4 is 23.8 Å². The normalized spacial score (nSPS) is 12.6. The van der Waals surface area contributed by atoms with Crippen LogP contribution in [0.3, 0.4) is 0 Å². The number of alkyl carbamates (subject to hydrolysis) is 1. The molecule has 1 aliphatic carbocycles. The Bertz CT molecular complexity index is 1030. The van der Waals surface area contributed by atoms with Gasteiger partial charge < -0.3 is 10.1 Å². The van der Waals surface area contributed by atoms with Gasteiger partial charge in [0.15, 0.2) is 0 Å². The molecule has 0 spiro atoms. The summed E-state index contributed by atoms with van der Waals surface area (Å²) in [4.78, 5) is 16.2. The Balaban J connectivity index is 1.34. The number of fused-ring (bicyclic) bond motifs is 3. The molecule has 1 N–H and O–H groups in total. The van der Waals surface area contributed by atoms with Gasteiger partial charge in [-0.3, -0.25) is 0 Å². The molecule has 1 aliphatic rings. The molecule has 0 bridgehead atoms. The van der Waals surface area contributed by atoms with Crippen molar-refractivity contribution in [3.8, 4) is 11.1 Å². The van der Waals surface area contributed by atoms with Gasteiger partial charge in [0.05, 0.1) is 0 Å². The lowest BCUT2D eigenvalue weighted by Crippen LogP contribution is -2.26. The zero-order valence-electron chi connectivity index (χ0n) is 16.1. The van der Waals surface area contributed by atoms with Crippen LogP contribution in [0.25, 0.3) is 17.2 Å². The number of carbonyl (C=O) groups excluding carboxylic acids is 1. The number of carbonyl (C=O) groups is 1. The molecule has 0 saturated heterocycles. The summed E-state index contributed by atoms with van der Waals surface area (Å²) in [7, 11) is 0. The van der Waals surface area contributed by atoms with Crippen LogP contribution in [-0.4, -0.2) is 24.2 Å². The molecule has 0 atom stereocenters. The Morgan fingerprint density at radius 1 is 1.14 bits per heavy atom. The lowest BCUT2D eigenvalue weighted by molar-refractivity contribution is 0.144. The van der Waals surface area contributed by atoms with Gasteiger partial charge >= 0.3 is 6.09 Å². The van der Waals surface area contributed by atoms with E-state index in [0.717, 1.165) is 11.1 Å². The standard InChI is InChI=1S/C24H21ClN2O2/c1-16-13-23(25)27-14-17(16)7-6-12-26-24(28)29-15-22-20-10-4-2-8-18(20)19-9-3-5-11-21(19)22/h2-11,13-14,22H,12,15H2,1H3,(H,26,28). The first-order chi connectivity index (χ1) is 14.1. The van der Waals surface area contributed by atoms with E-state index >= 15 is 0 Å². The average Bonchev–Trinajstić information content (AvgIpc) is 3.05. The van der Waals surface area contributed by atoms with Gasteiger partial charge in [-0.15, -0.1) is 0 Å². The summed E-state index contributed by atoms with van der Waals surface area (Å²) >= 11 is 5.86. The van der Waals surface area contributed by atoms with Crippen LogP contribution in [-0.2, 0) is 4.74 Å². The van der Waals surface area contributed by atoms with E-state index in [4.69, 9.17) is 16.3 Å². The number of aryl methyl sites for hydroxylation is 1. The van der Waals surface area contributed by atoms with Crippen molar-refractivity contribution in [2.24, 2.45) is 0 Å². The number of hydrogen-bond donors (Lipinski definition) is 1. The second-order valence-corrected chi connectivity index (χ2v) is 7.36. The lowest BCUT2D eigenvalue weighted by atomic mass is 9.98. The van der Waals surface area contributed by atoms with Crippen molar-refractivity contribution < 1.29 is 9.53 Å². The van der Waals surface area contributed by atoms with Gasteiger partial charge in [0.25, 0.3) is 0 Å². The molecule has 1 heterocycles. The fourth-order valence-electron chi connectivity index (χ4n) is 3.68. The number of benzene rings is 2. The van der Waals surface area contributed by atoms with Gasteiger partial charge in [0.1, 0.15) is 11.8 Å². The van der Waals surface area contributed by atoms with Crippen molar-refractivity contribution in [3.05, 3.63) is 94.3 Å². The van der Waals surface area contributed by atoms with Crippen LogP contribution in [0.15, 0.2) is 66.9 Å². The first-order valence-electron chi connectivity index (χ1n) is 9.51. The minimum Gasteiger partial charge on any atom is -0.449 e. The van der Waals surface area contributed by atoms with Crippen LogP contribution in [0.5, 0.6) is 0 Å². The van der Waals surface area contributed by atoms with Crippen LogP contribution >= 0.6 is 11.6 Å². The second kappa shape index (κ2) is 8.50. The summed E-state index contributed by atoms with van der Waals surface area (Å²) < 4.78 is 5.52. The summed E-state index contributed by atoms with van der Waals surface area (Å²) in [6, 6.07) is 18.4. The Kier molecular flexibility index (Phi) is 5.63. The molecule has 0 fully saturated rings. The highest BCUT2D eigenvalue weighted by Gasteiger charge is 2.28. The Morgan fingerprint density at radius 3 is 2.45 bits per heavy atom. The van der Waals surface area contributed by atoms with E-state index < -0.39 is 6.09 Å². The van der Waals surface area contributed by atoms with E-state index in [1.165, 1.54) is 22.3 Å². The third kappa shape index (κ3) is 4.17. The molecule has 0 aliphatic heterocycles. The maximum atomic E-state index is 12.1. The van der Waals surface area contributed by atoms with Crippen LogP contribution in [0.4, 0.5) is 4.79 Å². The van der Waals surface area contributed by atoms with Gasteiger partial charge in [-0.05, 0) is 46.4 Å². The van der Waals surface area contributed by atoms with Crippen molar-refractivity contribution in [1.29, 1.82) is 0 Å². The molecule has 3 aromatic rings. The quantitative estimate of drug-likeness (QED) is 0.563. The third-order valence-electron chi connectivity index (χ3n) is 5.12. The smallest absolute Gasteiger partial charge is 0.407 e. The lowest BCUT2D eigenvalue weighted by Gasteiger charge is -2.14. The van der Waals surface area contributed by atoms with E-state index in [1.807, 2.05) is 43.3 Å². The number of pyridine rings is 1. The molecule has 4 rings (SSSR count). The first kappa shape index (κ1) is 19.2. The zero-order valence-corrected chi connectivity index (χ0v) is 16.8. The SMILES string of the molecule is Cc1cc(Cl)ncc1C=CCNC(=O)OCC1c2ccccc2-c2ccccc21. The number of nitrogens with zero attached hydrogens (tertiary/aromatic N) is 1. The Morgan fingerprint density at radius 2 is 1.79 bits per heavy atom. The Hall–Kier alpha value is -3.11. The fourth-order valence-corrected chi connectivity index (χ4v) is 3.90. The van der Waals surface area contributed by atoms with Crippen LogP contribution in [0, 0.1) is 6.92 Å². The molecule has 146 valence electrons. The van der Waals surface area contributed by atoms with E-state index in [1.54, 1.807) is 12.3 Å². The maximum absolute atomic E-state index is 12.1. The number of halogens is 1. The van der Waals surface area contributed by atoms with Crippen LogP contribution in [0.1, 0.15) is 28.2 Å². The van der Waals surface area contributed by atoms with E-state index in [-0.39, 0.29) is 5.92 Å². The number of aromatic nitrogens is 1. The van der Waals surface area contributed by atoms with Gasteiger partial charge in [-0.2, -0.15) is 0 Å². The Labute approximate surface area is 175 Å². The highest BCUT2D eigenvalue weighted by atomic mass is 35.5. The van der Waals surface area contributed by atoms with Gasteiger partial charge in [0.2, 0.25) is 0 Å². The highest BCUT2D eigenvalue weighted by molar-refractivity contribution is 6.29. The minimum absolute atomic E-state index is 0.0616. The molecule has 0 radical (unpaired) electrons. The first-order valence-corrected chi connectivity index (χ1v) is 9.89. The minimum atomic E-state index is -0.428. The van der Waals surface area contributed by atoms with Crippen molar-refractivity contribution in [1.82, 2.24) is 10.3 Å². The summed E-state index contributed by atoms with van der Waals surface area (Å²) in [5.41, 5.74) is 6.82. The molecular formula is C24H21ClN2O2. The molecule has 4 nitrogen and oxygen atoms in total. The number of rotatable bonds is 5. The van der Waals surface area contributed by atoms with E-state index in [2.05, 4.69) is 34.6 Å². The number of nitrogens with one attached hydrogen (secondary N) is 1. The number of hydrogen-bond acceptors (Lipinski definition) is 3. The van der Waals surface area contributed by atoms with Gasteiger partial charge in [0, 0.05) is 18.7 Å². The molecule has 1 amide bonds. The molecule has 29 heavy (non-hydrogen) atoms. The summed E-state index contributed by atoms with van der Waals surface area (Å²) in [6.07, 6.45) is 5.05. The van der Waals surface area contributed by atoms with Crippen molar-refractivity contribution in [2.75, 3.05) is 13.2 Å². The van der Waals surface area contributed by atoms with Gasteiger partial charge in [-0.25, -0.2) is 9.78 Å². The van der Waals surface area contributed by atoms with E-state index in [0.29, 0.717) is 18.3 Å². The van der Waals surface area contributed by atoms with Crippen molar-refractivity contribution in [3.63, 3.8) is 0 Å². The topological polar surface area (TPSA) is 51.2 Å². The van der Waals surface area contributed by atoms with Crippen LogP contribution in [0.2, 0.25) is 5.15 Å². The second-order valence-electron chi connectivity index (χ2n) is 6.97. The maximum Gasteiger partial charge on any atom is 0.407 e. The predicted molar refractivity (Wildman–Crippen MR) is 116 cm³/mol. The largest absolute Gasteiger partial charge is 0.449 e. The fraction of sp³-hybridized carbons (Fsp3) is 0.167. The summed E-state index contributed by atoms with van der Waals surface area (Å²) in [6.45, 7) is 2.65. The molecule has 0 unspecified atom stereocenters. The van der Waals surface area contributed by atoms with Crippen LogP contribution < -0.4 is 5.32 Å². The highest BCUT2D eigenvalue weighted by Crippen LogP contribution is 2.44. The third-order valence-corrected chi connectivity index (χ3v) is 5.33. The number of amides is 1. The molecule has 0 saturated carbocycles. The molecular weight excluding hydrogens is 384 g/mol. The zero-order chi connectivity index (χ0) is 20.2. The molecule has 1 aromatic heterocycles. The predicted octanol–water partition coefficient (Wildman–Crippen LogP) is 5.60. The summed E-state index contributed by atoms with van der Waals surface area (Å²) in [5.74, 6) is 0.0616. The molecule has 2 aromatic carbocycles. The summed E-state index contributed by atoms with van der Waals surface area (Å²) in [5, 5.41) is 3.23. The van der Waals surface area contributed by atoms with Crippen molar-refractivity contribution in [2.45, 2.75) is 12.8 Å². The monoisotopic (exact) mass is 404 g/mol. The average molecular weight is 405 g/mol. The van der Waals surface area contributed by atoms with E-state index in [9.17, 15) is 4.79 Å².